The normalized spacial score (nSPS) is 10.1. The topological polar surface area (TPSA) is 0 Å². The average Bonchev–Trinajstić information content (AvgIpc) is 2.62. The van der Waals surface area contributed by atoms with Crippen molar-refractivity contribution in [1.29, 1.82) is 0 Å². The molecule has 0 unspecified atom stereocenters. The van der Waals surface area contributed by atoms with E-state index in [-0.39, 0.29) is 0 Å². The fraction of sp³-hybridized carbons (Fsp3) is 0.400. The summed E-state index contributed by atoms with van der Waals surface area (Å²) < 4.78 is 0. The van der Waals surface area contributed by atoms with Gasteiger partial charge in [-0.05, 0) is 6.42 Å². The van der Waals surface area contributed by atoms with E-state index >= 15 is 0 Å². The summed E-state index contributed by atoms with van der Waals surface area (Å²) in [7, 11) is 9.87. The van der Waals surface area contributed by atoms with Crippen LogP contribution in [0, 0.1) is 20.8 Å². The first kappa shape index (κ1) is 16.3. The minimum atomic E-state index is -0.826. The molecule has 0 spiro atoms. The van der Waals surface area contributed by atoms with Gasteiger partial charge in [-0.15, -0.1) is 34.0 Å². The number of halogens is 2. The second-order valence-corrected chi connectivity index (χ2v) is 8.34. The molecule has 0 fully saturated rings. The first-order valence-corrected chi connectivity index (χ1v) is 12.5. The van der Waals surface area contributed by atoms with E-state index in [2.05, 4.69) is 45.9 Å². The molecule has 0 bridgehead atoms. The van der Waals surface area contributed by atoms with Gasteiger partial charge in [-0.25, -0.2) is 0 Å². The molecule has 2 aromatic rings. The molecular weight excluding hydrogens is 342 g/mol. The van der Waals surface area contributed by atoms with Crippen molar-refractivity contribution in [3.05, 3.63) is 40.5 Å². The van der Waals surface area contributed by atoms with Crippen LogP contribution in [-0.2, 0) is 27.3 Å². The molecule has 0 saturated heterocycles. The molecule has 2 aromatic carbocycles. The Kier molecular flexibility index (Phi) is 7.06. The van der Waals surface area contributed by atoms with Gasteiger partial charge in [0.15, 0.2) is 0 Å². The van der Waals surface area contributed by atoms with E-state index in [0.29, 0.717) is 0 Å². The second-order valence-electron chi connectivity index (χ2n) is 4.60. The van der Waals surface area contributed by atoms with Gasteiger partial charge in [-0.2, -0.15) is 5.56 Å². The maximum atomic E-state index is 4.93. The number of rotatable bonds is 2. The summed E-state index contributed by atoms with van der Waals surface area (Å²) in [5.74, 6) is 0. The van der Waals surface area contributed by atoms with Crippen LogP contribution in [0.2, 0.25) is 0 Å². The first-order valence-electron chi connectivity index (χ1n) is 6.18. The van der Waals surface area contributed by atoms with E-state index in [1.807, 2.05) is 0 Å². The van der Waals surface area contributed by atoms with Crippen molar-refractivity contribution in [1.82, 2.24) is 0 Å². The molecule has 0 nitrogen and oxygen atoms in total. The van der Waals surface area contributed by atoms with Crippen LogP contribution >= 0.6 is 17.0 Å². The van der Waals surface area contributed by atoms with E-state index in [4.69, 9.17) is 17.0 Å². The fourth-order valence-electron chi connectivity index (χ4n) is 2.40. The third-order valence-corrected chi connectivity index (χ3v) is 3.40. The molecule has 0 aliphatic heterocycles. The van der Waals surface area contributed by atoms with Crippen LogP contribution in [0.5, 0.6) is 0 Å². The van der Waals surface area contributed by atoms with Crippen LogP contribution < -0.4 is 0 Å². The number of aryl methyl sites for hydroxylation is 4. The van der Waals surface area contributed by atoms with Crippen LogP contribution in [0.1, 0.15) is 35.6 Å². The Morgan fingerprint density at radius 2 is 1.78 bits per heavy atom. The summed E-state index contributed by atoms with van der Waals surface area (Å²) in [5.41, 5.74) is 5.82. The van der Waals surface area contributed by atoms with Crippen LogP contribution in [0.4, 0.5) is 0 Å². The van der Waals surface area contributed by atoms with Gasteiger partial charge in [-0.3, -0.25) is 0 Å². The molecule has 0 amide bonds. The van der Waals surface area contributed by atoms with E-state index < -0.39 is 20.8 Å². The molecule has 3 heteroatoms. The molecule has 0 radical (unpaired) electrons. The van der Waals surface area contributed by atoms with Crippen LogP contribution in [0.3, 0.4) is 0 Å². The Balaban J connectivity index is 0.000000492. The van der Waals surface area contributed by atoms with Gasteiger partial charge in [0.05, 0.1) is 0 Å². The molecule has 18 heavy (non-hydrogen) atoms. The van der Waals surface area contributed by atoms with Crippen molar-refractivity contribution in [3.8, 4) is 0 Å². The SMILES string of the molecule is CCCc1ccc(C)c2[cH-]c(C)c(C)c12.[Cl][Zr][Cl]. The van der Waals surface area contributed by atoms with Crippen molar-refractivity contribution in [2.24, 2.45) is 0 Å². The van der Waals surface area contributed by atoms with Crippen LogP contribution in [0.25, 0.3) is 10.8 Å². The van der Waals surface area contributed by atoms with E-state index in [0.717, 1.165) is 0 Å². The van der Waals surface area contributed by atoms with Crippen molar-refractivity contribution in [2.75, 3.05) is 0 Å². The Morgan fingerprint density at radius 3 is 2.33 bits per heavy atom. The maximum absolute atomic E-state index is 4.93. The van der Waals surface area contributed by atoms with Gasteiger partial charge in [0, 0.05) is 0 Å². The standard InChI is InChI=1S/C15H19.2ClH.Zr/c1-5-6-13-8-7-10(2)14-9-11(3)12(4)15(13)14;;;/h7-9H,5-6H2,1-4H3;2*1H;/q-1;;;+2/p-2. The van der Waals surface area contributed by atoms with E-state index in [1.54, 1.807) is 0 Å². The Morgan fingerprint density at radius 1 is 1.17 bits per heavy atom. The monoisotopic (exact) mass is 359 g/mol. The van der Waals surface area contributed by atoms with E-state index in [9.17, 15) is 0 Å². The zero-order valence-corrected chi connectivity index (χ0v) is 15.4. The van der Waals surface area contributed by atoms with Gasteiger partial charge in [0.25, 0.3) is 0 Å². The molecule has 0 N–H and O–H groups in total. The Hall–Kier alpha value is 0.293. The number of hydrogen-bond acceptors (Lipinski definition) is 0. The van der Waals surface area contributed by atoms with Crippen molar-refractivity contribution >= 4 is 27.8 Å². The molecule has 0 heterocycles. The minimum absolute atomic E-state index is 0.826. The van der Waals surface area contributed by atoms with E-state index in [1.165, 1.54) is 45.9 Å². The van der Waals surface area contributed by atoms with Crippen LogP contribution in [0.15, 0.2) is 18.2 Å². The fourth-order valence-corrected chi connectivity index (χ4v) is 2.40. The third-order valence-electron chi connectivity index (χ3n) is 3.40. The molecule has 0 atom stereocenters. The molecule has 2 rings (SSSR count). The van der Waals surface area contributed by atoms with Gasteiger partial charge in [-0.1, -0.05) is 45.7 Å². The summed E-state index contributed by atoms with van der Waals surface area (Å²) in [4.78, 5) is 0. The average molecular weight is 361 g/mol. The zero-order valence-electron chi connectivity index (χ0n) is 11.4. The molecule has 0 aromatic heterocycles. The second kappa shape index (κ2) is 7.78. The molecule has 98 valence electrons. The third kappa shape index (κ3) is 3.65. The zero-order chi connectivity index (χ0) is 13.7. The van der Waals surface area contributed by atoms with Gasteiger partial charge in [0.1, 0.15) is 0 Å². The van der Waals surface area contributed by atoms with Gasteiger partial charge in [0.2, 0.25) is 0 Å². The predicted molar refractivity (Wildman–Crippen MR) is 79.5 cm³/mol. The quantitative estimate of drug-likeness (QED) is 0.592. The molecule has 0 aliphatic rings. The summed E-state index contributed by atoms with van der Waals surface area (Å²) in [6, 6.07) is 6.89. The van der Waals surface area contributed by atoms with Crippen LogP contribution in [-0.4, -0.2) is 0 Å². The molecule has 0 aliphatic carbocycles. The molecule has 0 saturated carbocycles. The van der Waals surface area contributed by atoms with Crippen molar-refractivity contribution in [2.45, 2.75) is 40.5 Å². The summed E-state index contributed by atoms with van der Waals surface area (Å²) in [5, 5.41) is 2.96. The van der Waals surface area contributed by atoms with Crippen molar-refractivity contribution in [3.63, 3.8) is 0 Å². The Labute approximate surface area is 129 Å². The van der Waals surface area contributed by atoms with Crippen molar-refractivity contribution < 1.29 is 20.8 Å². The molecular formula is C15H19Cl2Zr-. The summed E-state index contributed by atoms with van der Waals surface area (Å²) in [6.07, 6.45) is 2.42. The number of benzene rings is 1. The number of fused-ring (bicyclic) bond motifs is 1. The van der Waals surface area contributed by atoms with Gasteiger partial charge >= 0.3 is 37.9 Å². The predicted octanol–water partition coefficient (Wildman–Crippen LogP) is 5.81. The number of hydrogen-bond donors (Lipinski definition) is 0. The first-order chi connectivity index (χ1) is 8.56. The Bertz CT molecular complexity index is 515. The summed E-state index contributed by atoms with van der Waals surface area (Å²) in [6.45, 7) is 8.91. The summed E-state index contributed by atoms with van der Waals surface area (Å²) >= 11 is -0.826. The van der Waals surface area contributed by atoms with Gasteiger partial charge < -0.3 is 0 Å².